The maximum Gasteiger partial charge on any atom is 0.128 e. The third-order valence-corrected chi connectivity index (χ3v) is 3.96. The van der Waals surface area contributed by atoms with E-state index in [4.69, 9.17) is 0 Å². The summed E-state index contributed by atoms with van der Waals surface area (Å²) in [7, 11) is 2.14. The highest BCUT2D eigenvalue weighted by Gasteiger charge is 2.19. The Morgan fingerprint density at radius 2 is 1.80 bits per heavy atom. The molecule has 0 spiro atoms. The van der Waals surface area contributed by atoms with Crippen molar-refractivity contribution >= 4 is 0 Å². The van der Waals surface area contributed by atoms with Gasteiger partial charge in [-0.1, -0.05) is 39.0 Å². The van der Waals surface area contributed by atoms with Crippen LogP contribution in [0.3, 0.4) is 0 Å². The van der Waals surface area contributed by atoms with E-state index in [1.54, 1.807) is 12.1 Å². The Morgan fingerprint density at radius 3 is 2.35 bits per heavy atom. The second-order valence-corrected chi connectivity index (χ2v) is 5.44. The topological polar surface area (TPSA) is 15.3 Å². The van der Waals surface area contributed by atoms with Gasteiger partial charge in [-0.15, -0.1) is 0 Å². The average molecular weight is 280 g/mol. The summed E-state index contributed by atoms with van der Waals surface area (Å²) in [6.07, 6.45) is 3.31. The van der Waals surface area contributed by atoms with Gasteiger partial charge in [-0.25, -0.2) is 4.39 Å². The first kappa shape index (κ1) is 17.1. The lowest BCUT2D eigenvalue weighted by molar-refractivity contribution is 0.204. The van der Waals surface area contributed by atoms with Crippen LogP contribution >= 0.6 is 0 Å². The third kappa shape index (κ3) is 4.88. The first-order chi connectivity index (χ1) is 9.63. The number of nitrogens with zero attached hydrogens (tertiary/aromatic N) is 1. The van der Waals surface area contributed by atoms with Gasteiger partial charge in [0.1, 0.15) is 5.82 Å². The standard InChI is InChI=1S/C17H29FN2/c1-5-12-19-17(13-20(4)14(6-2)7-3)15-10-8-9-11-16(15)18/h8-11,14,17,19H,5-7,12-13H2,1-4H3. The minimum atomic E-state index is -0.112. The molecule has 1 aromatic carbocycles. The van der Waals surface area contributed by atoms with Crippen LogP contribution in [-0.4, -0.2) is 31.1 Å². The molecule has 20 heavy (non-hydrogen) atoms. The summed E-state index contributed by atoms with van der Waals surface area (Å²) in [5.74, 6) is -0.112. The van der Waals surface area contributed by atoms with Crippen LogP contribution in [0.5, 0.6) is 0 Å². The van der Waals surface area contributed by atoms with E-state index in [0.29, 0.717) is 6.04 Å². The molecule has 1 aromatic rings. The van der Waals surface area contributed by atoms with E-state index in [9.17, 15) is 4.39 Å². The maximum atomic E-state index is 14.0. The highest BCUT2D eigenvalue weighted by Crippen LogP contribution is 2.19. The molecule has 0 aliphatic rings. The fourth-order valence-corrected chi connectivity index (χ4v) is 2.70. The predicted molar refractivity (Wildman–Crippen MR) is 84.4 cm³/mol. The molecular formula is C17H29FN2. The van der Waals surface area contributed by atoms with Crippen LogP contribution in [0.15, 0.2) is 24.3 Å². The van der Waals surface area contributed by atoms with Crippen LogP contribution in [0.2, 0.25) is 0 Å². The molecule has 0 aliphatic carbocycles. The number of benzene rings is 1. The van der Waals surface area contributed by atoms with Crippen LogP contribution in [-0.2, 0) is 0 Å². The van der Waals surface area contributed by atoms with E-state index in [1.165, 1.54) is 0 Å². The highest BCUT2D eigenvalue weighted by atomic mass is 19.1. The van der Waals surface area contributed by atoms with Crippen molar-refractivity contribution in [2.45, 2.75) is 52.1 Å². The van der Waals surface area contributed by atoms with Crippen molar-refractivity contribution in [3.05, 3.63) is 35.6 Å². The summed E-state index contributed by atoms with van der Waals surface area (Å²) in [5, 5.41) is 3.48. The number of hydrogen-bond acceptors (Lipinski definition) is 2. The van der Waals surface area contributed by atoms with Crippen LogP contribution in [0.1, 0.15) is 51.6 Å². The number of likely N-dealkylation sites (N-methyl/N-ethyl adjacent to an activating group) is 1. The molecule has 1 rings (SSSR count). The van der Waals surface area contributed by atoms with Crippen LogP contribution in [0, 0.1) is 5.82 Å². The Balaban J connectivity index is 2.82. The molecule has 3 heteroatoms. The molecule has 0 heterocycles. The molecule has 0 fully saturated rings. The summed E-state index contributed by atoms with van der Waals surface area (Å²) in [4.78, 5) is 2.35. The van der Waals surface area contributed by atoms with Crippen LogP contribution in [0.25, 0.3) is 0 Å². The maximum absolute atomic E-state index is 14.0. The largest absolute Gasteiger partial charge is 0.309 e. The predicted octanol–water partition coefficient (Wildman–Crippen LogP) is 3.99. The fourth-order valence-electron chi connectivity index (χ4n) is 2.70. The smallest absolute Gasteiger partial charge is 0.128 e. The van der Waals surface area contributed by atoms with Gasteiger partial charge in [0, 0.05) is 24.2 Å². The van der Waals surface area contributed by atoms with Gasteiger partial charge in [0.25, 0.3) is 0 Å². The zero-order valence-electron chi connectivity index (χ0n) is 13.3. The molecule has 1 N–H and O–H groups in total. The second kappa shape index (κ2) is 9.09. The molecule has 0 bridgehead atoms. The Labute approximate surface area is 123 Å². The summed E-state index contributed by atoms with van der Waals surface area (Å²) >= 11 is 0. The first-order valence-electron chi connectivity index (χ1n) is 7.81. The molecule has 2 nitrogen and oxygen atoms in total. The normalized spacial score (nSPS) is 13.2. The van der Waals surface area contributed by atoms with Crippen molar-refractivity contribution in [1.82, 2.24) is 10.2 Å². The molecule has 0 aromatic heterocycles. The van der Waals surface area contributed by atoms with Gasteiger partial charge < -0.3 is 10.2 Å². The van der Waals surface area contributed by atoms with Gasteiger partial charge in [-0.05, 0) is 38.9 Å². The quantitative estimate of drug-likeness (QED) is 0.736. The summed E-state index contributed by atoms with van der Waals surface area (Å²) in [5.41, 5.74) is 0.777. The Bertz CT molecular complexity index is 377. The molecule has 0 saturated carbocycles. The van der Waals surface area contributed by atoms with Gasteiger partial charge in [-0.3, -0.25) is 0 Å². The molecular weight excluding hydrogens is 251 g/mol. The first-order valence-corrected chi connectivity index (χ1v) is 7.81. The summed E-state index contributed by atoms with van der Waals surface area (Å²) < 4.78 is 14.0. The zero-order chi connectivity index (χ0) is 15.0. The van der Waals surface area contributed by atoms with Gasteiger partial charge >= 0.3 is 0 Å². The summed E-state index contributed by atoms with van der Waals surface area (Å²) in [6.45, 7) is 8.31. The van der Waals surface area contributed by atoms with E-state index < -0.39 is 0 Å². The van der Waals surface area contributed by atoms with Crippen LogP contribution in [0.4, 0.5) is 4.39 Å². The second-order valence-electron chi connectivity index (χ2n) is 5.44. The van der Waals surface area contributed by atoms with Crippen molar-refractivity contribution < 1.29 is 4.39 Å². The van der Waals surface area contributed by atoms with Crippen molar-refractivity contribution in [2.24, 2.45) is 0 Å². The number of halogens is 1. The lowest BCUT2D eigenvalue weighted by Gasteiger charge is -2.31. The van der Waals surface area contributed by atoms with Crippen molar-refractivity contribution in [1.29, 1.82) is 0 Å². The molecule has 0 amide bonds. The molecule has 1 unspecified atom stereocenters. The highest BCUT2D eigenvalue weighted by molar-refractivity contribution is 5.21. The van der Waals surface area contributed by atoms with Gasteiger partial charge in [-0.2, -0.15) is 0 Å². The van der Waals surface area contributed by atoms with Crippen LogP contribution < -0.4 is 5.32 Å². The monoisotopic (exact) mass is 280 g/mol. The molecule has 114 valence electrons. The molecule has 0 saturated heterocycles. The van der Waals surface area contributed by atoms with E-state index in [0.717, 1.165) is 37.9 Å². The number of nitrogens with one attached hydrogen (secondary N) is 1. The van der Waals surface area contributed by atoms with Gasteiger partial charge in [0.2, 0.25) is 0 Å². The Hall–Kier alpha value is -0.930. The minimum Gasteiger partial charge on any atom is -0.309 e. The van der Waals surface area contributed by atoms with E-state index in [1.807, 2.05) is 12.1 Å². The van der Waals surface area contributed by atoms with Gasteiger partial charge in [0.15, 0.2) is 0 Å². The van der Waals surface area contributed by atoms with Crippen molar-refractivity contribution in [3.8, 4) is 0 Å². The van der Waals surface area contributed by atoms with Crippen molar-refractivity contribution in [2.75, 3.05) is 20.1 Å². The van der Waals surface area contributed by atoms with E-state index in [2.05, 4.69) is 38.0 Å². The average Bonchev–Trinajstić information content (AvgIpc) is 2.45. The molecule has 1 atom stereocenters. The third-order valence-electron chi connectivity index (χ3n) is 3.96. The number of rotatable bonds is 9. The zero-order valence-corrected chi connectivity index (χ0v) is 13.3. The Morgan fingerprint density at radius 1 is 1.15 bits per heavy atom. The molecule has 0 radical (unpaired) electrons. The van der Waals surface area contributed by atoms with Gasteiger partial charge in [0.05, 0.1) is 0 Å². The van der Waals surface area contributed by atoms with E-state index in [-0.39, 0.29) is 11.9 Å². The lowest BCUT2D eigenvalue weighted by Crippen LogP contribution is -2.39. The lowest BCUT2D eigenvalue weighted by atomic mass is 10.0. The Kier molecular flexibility index (Phi) is 7.78. The number of hydrogen-bond donors (Lipinski definition) is 1. The summed E-state index contributed by atoms with van der Waals surface area (Å²) in [6, 6.07) is 7.72. The van der Waals surface area contributed by atoms with Crippen molar-refractivity contribution in [3.63, 3.8) is 0 Å². The minimum absolute atomic E-state index is 0.0572. The fraction of sp³-hybridized carbons (Fsp3) is 0.647. The SMILES string of the molecule is CCCNC(CN(C)C(CC)CC)c1ccccc1F. The molecule has 0 aliphatic heterocycles. The van der Waals surface area contributed by atoms with E-state index >= 15 is 0 Å².